The van der Waals surface area contributed by atoms with Crippen molar-refractivity contribution < 1.29 is 14.3 Å². The number of esters is 1. The normalized spacial score (nSPS) is 17.0. The van der Waals surface area contributed by atoms with Crippen molar-refractivity contribution in [2.24, 2.45) is 5.92 Å². The highest BCUT2D eigenvalue weighted by atomic mass is 16.5. The van der Waals surface area contributed by atoms with Crippen LogP contribution >= 0.6 is 0 Å². The molecule has 1 aliphatic heterocycles. The Balaban J connectivity index is 1.73. The van der Waals surface area contributed by atoms with E-state index in [1.54, 1.807) is 4.90 Å². The molecule has 1 atom stereocenters. The molecule has 4 nitrogen and oxygen atoms in total. The first-order chi connectivity index (χ1) is 11.8. The topological polar surface area (TPSA) is 46.6 Å². The quantitative estimate of drug-likeness (QED) is 0.631. The lowest BCUT2D eigenvalue weighted by Crippen LogP contribution is -2.27. The lowest BCUT2D eigenvalue weighted by Gasteiger charge is -2.18. The number of hydrogen-bond donors (Lipinski definition) is 0. The van der Waals surface area contributed by atoms with E-state index in [0.29, 0.717) is 12.3 Å². The summed E-state index contributed by atoms with van der Waals surface area (Å²) in [6, 6.07) is 11.6. The summed E-state index contributed by atoms with van der Waals surface area (Å²) < 4.78 is 5.52. The molecule has 0 aromatic heterocycles. The highest BCUT2D eigenvalue weighted by molar-refractivity contribution is 5.99. The smallest absolute Gasteiger partial charge is 0.316 e. The summed E-state index contributed by atoms with van der Waals surface area (Å²) in [7, 11) is 0. The van der Waals surface area contributed by atoms with Crippen LogP contribution in [0.5, 0.6) is 5.75 Å². The Kier molecular flexibility index (Phi) is 4.62. The summed E-state index contributed by atoms with van der Waals surface area (Å²) in [4.78, 5) is 26.5. The molecule has 4 heteroatoms. The number of rotatable bonds is 3. The maximum atomic E-state index is 12.5. The second-order valence-electron chi connectivity index (χ2n) is 6.92. The average Bonchev–Trinajstić information content (AvgIpc) is 2.91. The third-order valence-electron chi connectivity index (χ3n) is 4.67. The van der Waals surface area contributed by atoms with Crippen molar-refractivity contribution >= 4 is 17.6 Å². The summed E-state index contributed by atoms with van der Waals surface area (Å²) in [5.74, 6) is -0.273. The van der Waals surface area contributed by atoms with Gasteiger partial charge in [0.1, 0.15) is 5.75 Å². The predicted octanol–water partition coefficient (Wildman–Crippen LogP) is 3.88. The molecule has 0 spiro atoms. The van der Waals surface area contributed by atoms with Crippen LogP contribution in [0, 0.1) is 33.6 Å². The highest BCUT2D eigenvalue weighted by Gasteiger charge is 2.36. The first kappa shape index (κ1) is 17.2. The lowest BCUT2D eigenvalue weighted by atomic mass is 10.1. The van der Waals surface area contributed by atoms with Crippen LogP contribution in [-0.4, -0.2) is 18.4 Å². The number of amides is 1. The number of hydrogen-bond acceptors (Lipinski definition) is 3. The minimum absolute atomic E-state index is 0.0365. The minimum Gasteiger partial charge on any atom is -0.426 e. The Morgan fingerprint density at radius 1 is 1.00 bits per heavy atom. The largest absolute Gasteiger partial charge is 0.426 e. The number of carbonyl (C=O) groups is 2. The molecular formula is C21H23NO3. The SMILES string of the molecule is Cc1cc(C)cc(OC(=O)[C@H]2CC(=O)N(c3ccc(C)c(C)c3)C2)c1. The Morgan fingerprint density at radius 2 is 1.68 bits per heavy atom. The Hall–Kier alpha value is -2.62. The van der Waals surface area contributed by atoms with Gasteiger partial charge in [0, 0.05) is 18.7 Å². The predicted molar refractivity (Wildman–Crippen MR) is 97.9 cm³/mol. The van der Waals surface area contributed by atoms with Crippen LogP contribution in [0.15, 0.2) is 36.4 Å². The number of anilines is 1. The maximum absolute atomic E-state index is 12.5. The zero-order chi connectivity index (χ0) is 18.1. The molecule has 0 saturated carbocycles. The van der Waals surface area contributed by atoms with Crippen LogP contribution in [0.3, 0.4) is 0 Å². The van der Waals surface area contributed by atoms with Crippen LogP contribution in [0.25, 0.3) is 0 Å². The third-order valence-corrected chi connectivity index (χ3v) is 4.67. The van der Waals surface area contributed by atoms with Crippen molar-refractivity contribution in [2.75, 3.05) is 11.4 Å². The van der Waals surface area contributed by atoms with Gasteiger partial charge in [-0.3, -0.25) is 9.59 Å². The van der Waals surface area contributed by atoms with E-state index in [4.69, 9.17) is 4.74 Å². The minimum atomic E-state index is -0.435. The molecule has 1 fully saturated rings. The second-order valence-corrected chi connectivity index (χ2v) is 6.92. The Morgan fingerprint density at radius 3 is 2.32 bits per heavy atom. The van der Waals surface area contributed by atoms with Gasteiger partial charge in [-0.2, -0.15) is 0 Å². The molecular weight excluding hydrogens is 314 g/mol. The average molecular weight is 337 g/mol. The molecule has 0 unspecified atom stereocenters. The number of ether oxygens (including phenoxy) is 1. The fraction of sp³-hybridized carbons (Fsp3) is 0.333. The molecule has 1 saturated heterocycles. The fourth-order valence-electron chi connectivity index (χ4n) is 3.20. The van der Waals surface area contributed by atoms with Gasteiger partial charge in [0.05, 0.1) is 5.92 Å². The van der Waals surface area contributed by atoms with Crippen LogP contribution in [0.1, 0.15) is 28.7 Å². The molecule has 1 amide bonds. The van der Waals surface area contributed by atoms with Gasteiger partial charge in [0.15, 0.2) is 0 Å². The summed E-state index contributed by atoms with van der Waals surface area (Å²) in [6.07, 6.45) is 0.191. The molecule has 1 heterocycles. The number of nitrogens with zero attached hydrogens (tertiary/aromatic N) is 1. The van der Waals surface area contributed by atoms with Gasteiger partial charge < -0.3 is 9.64 Å². The van der Waals surface area contributed by atoms with E-state index in [0.717, 1.165) is 22.4 Å². The summed E-state index contributed by atoms with van der Waals surface area (Å²) in [6.45, 7) is 8.35. The van der Waals surface area contributed by atoms with Gasteiger partial charge in [0.2, 0.25) is 5.91 Å². The molecule has 0 radical (unpaired) electrons. The number of benzene rings is 2. The van der Waals surface area contributed by atoms with E-state index in [1.165, 1.54) is 5.56 Å². The van der Waals surface area contributed by atoms with Crippen molar-refractivity contribution in [1.29, 1.82) is 0 Å². The number of carbonyl (C=O) groups excluding carboxylic acids is 2. The second kappa shape index (κ2) is 6.71. The van der Waals surface area contributed by atoms with Crippen molar-refractivity contribution in [1.82, 2.24) is 0 Å². The van der Waals surface area contributed by atoms with E-state index in [1.807, 2.05) is 64.1 Å². The molecule has 3 rings (SSSR count). The van der Waals surface area contributed by atoms with E-state index in [-0.39, 0.29) is 18.3 Å². The highest BCUT2D eigenvalue weighted by Crippen LogP contribution is 2.28. The van der Waals surface area contributed by atoms with E-state index in [9.17, 15) is 9.59 Å². The van der Waals surface area contributed by atoms with Crippen LogP contribution in [0.4, 0.5) is 5.69 Å². The standard InChI is InChI=1S/C21H23NO3/c1-13-7-14(2)9-19(8-13)25-21(24)17-11-20(23)22(12-17)18-6-5-15(3)16(4)10-18/h5-10,17H,11-12H2,1-4H3/t17-/m0/s1. The van der Waals surface area contributed by atoms with E-state index < -0.39 is 5.92 Å². The van der Waals surface area contributed by atoms with E-state index in [2.05, 4.69) is 0 Å². The molecule has 2 aromatic carbocycles. The van der Waals surface area contributed by atoms with Crippen molar-refractivity contribution in [3.05, 3.63) is 58.7 Å². The van der Waals surface area contributed by atoms with Gasteiger partial charge in [-0.25, -0.2) is 0 Å². The lowest BCUT2D eigenvalue weighted by molar-refractivity contribution is -0.139. The van der Waals surface area contributed by atoms with Crippen LogP contribution < -0.4 is 9.64 Å². The first-order valence-electron chi connectivity index (χ1n) is 8.51. The monoisotopic (exact) mass is 337 g/mol. The molecule has 0 N–H and O–H groups in total. The molecule has 1 aliphatic rings. The van der Waals surface area contributed by atoms with Crippen molar-refractivity contribution in [3.63, 3.8) is 0 Å². The van der Waals surface area contributed by atoms with Gasteiger partial charge in [-0.05, 0) is 74.2 Å². The van der Waals surface area contributed by atoms with Gasteiger partial charge in [0.25, 0.3) is 0 Å². The summed E-state index contributed by atoms with van der Waals surface area (Å²) in [5, 5.41) is 0. The van der Waals surface area contributed by atoms with Gasteiger partial charge in [-0.15, -0.1) is 0 Å². The van der Waals surface area contributed by atoms with Crippen LogP contribution in [0.2, 0.25) is 0 Å². The molecule has 25 heavy (non-hydrogen) atoms. The zero-order valence-electron chi connectivity index (χ0n) is 15.1. The third kappa shape index (κ3) is 3.73. The zero-order valence-corrected chi connectivity index (χ0v) is 15.1. The maximum Gasteiger partial charge on any atom is 0.316 e. The summed E-state index contributed by atoms with van der Waals surface area (Å²) in [5.41, 5.74) is 5.24. The molecule has 0 aliphatic carbocycles. The van der Waals surface area contributed by atoms with Gasteiger partial charge >= 0.3 is 5.97 Å². The summed E-state index contributed by atoms with van der Waals surface area (Å²) >= 11 is 0. The Bertz CT molecular complexity index is 821. The molecule has 130 valence electrons. The van der Waals surface area contributed by atoms with Gasteiger partial charge in [-0.1, -0.05) is 12.1 Å². The molecule has 0 bridgehead atoms. The van der Waals surface area contributed by atoms with E-state index >= 15 is 0 Å². The Labute approximate surface area is 148 Å². The fourth-order valence-corrected chi connectivity index (χ4v) is 3.20. The van der Waals surface area contributed by atoms with Crippen molar-refractivity contribution in [2.45, 2.75) is 34.1 Å². The molecule has 2 aromatic rings. The first-order valence-corrected chi connectivity index (χ1v) is 8.51. The number of aryl methyl sites for hydroxylation is 4. The van der Waals surface area contributed by atoms with Crippen molar-refractivity contribution in [3.8, 4) is 5.75 Å². The van der Waals surface area contributed by atoms with Crippen LogP contribution in [-0.2, 0) is 9.59 Å².